The number of aromatic nitrogens is 5. The van der Waals surface area contributed by atoms with Gasteiger partial charge in [0.2, 0.25) is 5.13 Å². The van der Waals surface area contributed by atoms with Crippen molar-refractivity contribution in [2.45, 2.75) is 26.9 Å². The lowest BCUT2D eigenvalue weighted by Gasteiger charge is -2.11. The Morgan fingerprint density at radius 2 is 1.97 bits per heavy atom. The van der Waals surface area contributed by atoms with E-state index in [1.54, 1.807) is 10.7 Å². The number of hydrogen-bond donors (Lipinski definition) is 1. The Hall–Kier alpha value is -3.33. The molecule has 1 unspecified atom stereocenters. The summed E-state index contributed by atoms with van der Waals surface area (Å²) in [6.07, 6.45) is -0.281. The van der Waals surface area contributed by atoms with Crippen molar-refractivity contribution in [1.82, 2.24) is 25.0 Å². The van der Waals surface area contributed by atoms with Crippen molar-refractivity contribution in [2.24, 2.45) is 7.05 Å². The molecule has 0 saturated heterocycles. The number of aryl methyl sites for hydroxylation is 3. The zero-order valence-electron chi connectivity index (χ0n) is 16.5. The maximum Gasteiger partial charge on any atom is 0.258 e. The summed E-state index contributed by atoms with van der Waals surface area (Å²) in [6, 6.07) is 11.3. The zero-order valence-corrected chi connectivity index (χ0v) is 17.3. The van der Waals surface area contributed by atoms with Crippen LogP contribution in [-0.2, 0) is 7.05 Å². The Bertz CT molecular complexity index is 1180. The number of nitrogens with zero attached hydrogens (tertiary/aromatic N) is 5. The van der Waals surface area contributed by atoms with Crippen LogP contribution in [0.15, 0.2) is 36.4 Å². The molecule has 1 aromatic carbocycles. The highest BCUT2D eigenvalue weighted by Gasteiger charge is 2.20. The number of hydrogen-bond acceptors (Lipinski definition) is 7. The maximum atomic E-state index is 12.9. The van der Waals surface area contributed by atoms with Gasteiger partial charge in [-0.1, -0.05) is 29.5 Å². The van der Waals surface area contributed by atoms with E-state index in [-0.39, 0.29) is 12.0 Å². The van der Waals surface area contributed by atoms with Crippen LogP contribution in [0.25, 0.3) is 11.0 Å². The molecule has 0 bridgehead atoms. The van der Waals surface area contributed by atoms with Gasteiger partial charge in [0.1, 0.15) is 11.9 Å². The van der Waals surface area contributed by atoms with E-state index in [0.29, 0.717) is 21.3 Å². The van der Waals surface area contributed by atoms with Gasteiger partial charge in [0.25, 0.3) is 5.91 Å². The van der Waals surface area contributed by atoms with Crippen molar-refractivity contribution in [1.29, 1.82) is 0 Å². The number of ether oxygens (including phenoxy) is 1. The van der Waals surface area contributed by atoms with E-state index < -0.39 is 0 Å². The summed E-state index contributed by atoms with van der Waals surface area (Å²) in [5, 5.41) is 17.3. The summed E-state index contributed by atoms with van der Waals surface area (Å²) in [4.78, 5) is 17.4. The van der Waals surface area contributed by atoms with E-state index in [0.717, 1.165) is 22.5 Å². The second-order valence-corrected chi connectivity index (χ2v) is 7.70. The van der Waals surface area contributed by atoms with E-state index in [4.69, 9.17) is 4.74 Å². The first-order chi connectivity index (χ1) is 13.9. The smallest absolute Gasteiger partial charge is 0.258 e. The second-order valence-electron chi connectivity index (χ2n) is 6.69. The SMILES string of the molecule is Cc1cc(C(=O)Nc2nnc(C(C)Oc3ccccc3)s2)c2c(C)nn(C)c2n1. The van der Waals surface area contributed by atoms with Crippen molar-refractivity contribution in [3.8, 4) is 5.75 Å². The van der Waals surface area contributed by atoms with Crippen LogP contribution in [0.1, 0.15) is 39.8 Å². The first kappa shape index (κ1) is 19.0. The Kier molecular flexibility index (Phi) is 4.98. The monoisotopic (exact) mass is 408 g/mol. The lowest BCUT2D eigenvalue weighted by molar-refractivity contribution is 0.102. The average Bonchev–Trinajstić information content (AvgIpc) is 3.27. The van der Waals surface area contributed by atoms with Crippen LogP contribution >= 0.6 is 11.3 Å². The minimum absolute atomic E-state index is 0.268. The summed E-state index contributed by atoms with van der Waals surface area (Å²) in [6.45, 7) is 5.61. The minimum Gasteiger partial charge on any atom is -0.483 e. The van der Waals surface area contributed by atoms with Crippen LogP contribution in [0, 0.1) is 13.8 Å². The number of anilines is 1. The fourth-order valence-corrected chi connectivity index (χ4v) is 3.84. The van der Waals surface area contributed by atoms with Gasteiger partial charge < -0.3 is 4.74 Å². The molecule has 3 heterocycles. The van der Waals surface area contributed by atoms with E-state index in [1.807, 2.05) is 58.2 Å². The molecular formula is C20H20N6O2S. The predicted molar refractivity (Wildman–Crippen MR) is 111 cm³/mol. The second kappa shape index (κ2) is 7.59. The highest BCUT2D eigenvalue weighted by Crippen LogP contribution is 2.27. The Morgan fingerprint density at radius 1 is 1.21 bits per heavy atom. The molecule has 1 N–H and O–H groups in total. The summed E-state index contributed by atoms with van der Waals surface area (Å²) in [7, 11) is 1.81. The molecule has 0 fully saturated rings. The fraction of sp³-hybridized carbons (Fsp3) is 0.250. The van der Waals surface area contributed by atoms with E-state index >= 15 is 0 Å². The van der Waals surface area contributed by atoms with Crippen molar-refractivity contribution < 1.29 is 9.53 Å². The molecule has 4 rings (SSSR count). The van der Waals surface area contributed by atoms with Crippen molar-refractivity contribution >= 4 is 33.4 Å². The molecule has 0 aliphatic carbocycles. The molecule has 0 saturated carbocycles. The molecule has 0 radical (unpaired) electrons. The molecular weight excluding hydrogens is 388 g/mol. The van der Waals surface area contributed by atoms with Crippen LogP contribution in [0.3, 0.4) is 0 Å². The molecule has 148 valence electrons. The molecule has 1 amide bonds. The third kappa shape index (κ3) is 3.81. The van der Waals surface area contributed by atoms with Crippen molar-refractivity contribution in [3.05, 3.63) is 58.4 Å². The van der Waals surface area contributed by atoms with Gasteiger partial charge in [-0.25, -0.2) is 4.98 Å². The van der Waals surface area contributed by atoms with Gasteiger partial charge in [-0.2, -0.15) is 5.10 Å². The van der Waals surface area contributed by atoms with Crippen LogP contribution in [0.4, 0.5) is 5.13 Å². The molecule has 0 aliphatic rings. The van der Waals surface area contributed by atoms with Crippen LogP contribution in [0.5, 0.6) is 5.75 Å². The summed E-state index contributed by atoms with van der Waals surface area (Å²) in [5.74, 6) is 0.485. The number of amides is 1. The number of fused-ring (bicyclic) bond motifs is 1. The third-order valence-electron chi connectivity index (χ3n) is 4.41. The van der Waals surface area contributed by atoms with Crippen molar-refractivity contribution in [2.75, 3.05) is 5.32 Å². The number of rotatable bonds is 5. The predicted octanol–water partition coefficient (Wildman–Crippen LogP) is 3.83. The molecule has 29 heavy (non-hydrogen) atoms. The number of carbonyl (C=O) groups is 1. The zero-order chi connectivity index (χ0) is 20.5. The molecule has 1 atom stereocenters. The van der Waals surface area contributed by atoms with Gasteiger partial charge in [0.05, 0.1) is 16.6 Å². The van der Waals surface area contributed by atoms with Gasteiger partial charge >= 0.3 is 0 Å². The first-order valence-electron chi connectivity index (χ1n) is 9.10. The highest BCUT2D eigenvalue weighted by molar-refractivity contribution is 7.15. The molecule has 0 aliphatic heterocycles. The van der Waals surface area contributed by atoms with Gasteiger partial charge in [-0.05, 0) is 39.0 Å². The standard InChI is InChI=1S/C20H20N6O2S/c1-11-10-15(16-12(2)25-26(4)17(16)21-11)18(27)22-20-24-23-19(29-20)13(3)28-14-8-6-5-7-9-14/h5-10,13H,1-4H3,(H,22,24,27). The molecule has 8 nitrogen and oxygen atoms in total. The Labute approximate surface area is 171 Å². The van der Waals surface area contributed by atoms with E-state index in [2.05, 4.69) is 25.6 Å². The quantitative estimate of drug-likeness (QED) is 0.539. The Morgan fingerprint density at radius 3 is 2.72 bits per heavy atom. The van der Waals surface area contributed by atoms with Gasteiger partial charge in [0.15, 0.2) is 10.7 Å². The highest BCUT2D eigenvalue weighted by atomic mass is 32.1. The van der Waals surface area contributed by atoms with Crippen LogP contribution < -0.4 is 10.1 Å². The largest absolute Gasteiger partial charge is 0.483 e. The lowest BCUT2D eigenvalue weighted by Crippen LogP contribution is -2.13. The Balaban J connectivity index is 1.55. The maximum absolute atomic E-state index is 12.9. The van der Waals surface area contributed by atoms with Gasteiger partial charge in [0, 0.05) is 12.7 Å². The van der Waals surface area contributed by atoms with E-state index in [1.165, 1.54) is 11.3 Å². The molecule has 0 spiro atoms. The van der Waals surface area contributed by atoms with Gasteiger partial charge in [-0.15, -0.1) is 10.2 Å². The van der Waals surface area contributed by atoms with Gasteiger partial charge in [-0.3, -0.25) is 14.8 Å². The number of nitrogens with one attached hydrogen (secondary N) is 1. The molecule has 4 aromatic rings. The minimum atomic E-state index is -0.281. The summed E-state index contributed by atoms with van der Waals surface area (Å²) < 4.78 is 7.55. The first-order valence-corrected chi connectivity index (χ1v) is 9.91. The molecule has 9 heteroatoms. The number of benzene rings is 1. The average molecular weight is 408 g/mol. The third-order valence-corrected chi connectivity index (χ3v) is 5.41. The van der Waals surface area contributed by atoms with Crippen LogP contribution in [0.2, 0.25) is 0 Å². The topological polar surface area (TPSA) is 94.8 Å². The number of carbonyl (C=O) groups excluding carboxylic acids is 1. The van der Waals surface area contributed by atoms with Crippen LogP contribution in [-0.4, -0.2) is 30.9 Å². The number of para-hydroxylation sites is 1. The number of pyridine rings is 1. The van der Waals surface area contributed by atoms with Crippen molar-refractivity contribution in [3.63, 3.8) is 0 Å². The summed E-state index contributed by atoms with van der Waals surface area (Å²) in [5.41, 5.74) is 2.69. The fourth-order valence-electron chi connectivity index (χ4n) is 3.12. The summed E-state index contributed by atoms with van der Waals surface area (Å²) >= 11 is 1.29. The normalized spacial score (nSPS) is 12.1. The van der Waals surface area contributed by atoms with E-state index in [9.17, 15) is 4.79 Å². The molecule has 3 aromatic heterocycles. The lowest BCUT2D eigenvalue weighted by atomic mass is 10.1.